The lowest BCUT2D eigenvalue weighted by Crippen LogP contribution is -2.92. The van der Waals surface area contributed by atoms with Crippen LogP contribution in [-0.4, -0.2) is 30.5 Å². The van der Waals surface area contributed by atoms with Crippen molar-refractivity contribution in [2.75, 3.05) is 7.05 Å². The average Bonchev–Trinajstić information content (AvgIpc) is 2.78. The summed E-state index contributed by atoms with van der Waals surface area (Å²) in [6, 6.07) is 25.7. The molecule has 0 bridgehead atoms. The van der Waals surface area contributed by atoms with Crippen LogP contribution in [0.3, 0.4) is 0 Å². The van der Waals surface area contributed by atoms with Crippen LogP contribution >= 0.6 is 0 Å². The van der Waals surface area contributed by atoms with E-state index in [0.717, 1.165) is 16.7 Å². The Labute approximate surface area is 181 Å². The fourth-order valence-electron chi connectivity index (χ4n) is 3.59. The van der Waals surface area contributed by atoms with E-state index in [1.807, 2.05) is 72.9 Å². The number of rotatable bonds is 9. The summed E-state index contributed by atoms with van der Waals surface area (Å²) in [5, 5.41) is 2.00. The molecule has 0 saturated heterocycles. The SMILES string of the molecule is C[C@H]([NH2+][C@@H](c1ccccc1)c1ccc(OC(F)F)cc1)C(=O)N(C)Cc1ccccc1. The predicted octanol–water partition coefficient (Wildman–Crippen LogP) is 3.99. The van der Waals surface area contributed by atoms with E-state index in [-0.39, 0.29) is 23.7 Å². The van der Waals surface area contributed by atoms with Crippen LogP contribution in [0.5, 0.6) is 5.75 Å². The van der Waals surface area contributed by atoms with Crippen molar-refractivity contribution in [3.63, 3.8) is 0 Å². The number of carbonyl (C=O) groups excluding carboxylic acids is 1. The molecule has 0 aromatic heterocycles. The van der Waals surface area contributed by atoms with Gasteiger partial charge in [0.15, 0.2) is 6.04 Å². The summed E-state index contributed by atoms with van der Waals surface area (Å²) in [6.07, 6.45) is 0. The highest BCUT2D eigenvalue weighted by atomic mass is 19.3. The largest absolute Gasteiger partial charge is 0.435 e. The van der Waals surface area contributed by atoms with Crippen molar-refractivity contribution in [2.45, 2.75) is 32.2 Å². The van der Waals surface area contributed by atoms with E-state index in [1.54, 1.807) is 24.1 Å². The van der Waals surface area contributed by atoms with Gasteiger partial charge in [-0.1, -0.05) is 60.7 Å². The van der Waals surface area contributed by atoms with Gasteiger partial charge in [0, 0.05) is 24.7 Å². The molecule has 6 heteroatoms. The van der Waals surface area contributed by atoms with Crippen LogP contribution in [-0.2, 0) is 11.3 Å². The van der Waals surface area contributed by atoms with E-state index in [9.17, 15) is 13.6 Å². The lowest BCUT2D eigenvalue weighted by atomic mass is 9.97. The smallest absolute Gasteiger partial charge is 0.387 e. The van der Waals surface area contributed by atoms with Gasteiger partial charge in [-0.3, -0.25) is 4.79 Å². The summed E-state index contributed by atoms with van der Waals surface area (Å²) >= 11 is 0. The van der Waals surface area contributed by atoms with E-state index in [1.165, 1.54) is 12.1 Å². The molecule has 0 unspecified atom stereocenters. The minimum Gasteiger partial charge on any atom is -0.435 e. The zero-order valence-corrected chi connectivity index (χ0v) is 17.6. The Bertz CT molecular complexity index is 950. The van der Waals surface area contributed by atoms with Crippen LogP contribution < -0.4 is 10.1 Å². The summed E-state index contributed by atoms with van der Waals surface area (Å²) in [4.78, 5) is 14.7. The second-order valence-corrected chi connectivity index (χ2v) is 7.50. The fourth-order valence-corrected chi connectivity index (χ4v) is 3.59. The summed E-state index contributed by atoms with van der Waals surface area (Å²) in [5.74, 6) is 0.125. The molecular weight excluding hydrogens is 398 g/mol. The first-order chi connectivity index (χ1) is 14.9. The third-order valence-electron chi connectivity index (χ3n) is 5.13. The minimum absolute atomic E-state index is 0.0161. The summed E-state index contributed by atoms with van der Waals surface area (Å²) in [5.41, 5.74) is 2.99. The lowest BCUT2D eigenvalue weighted by Gasteiger charge is -2.24. The van der Waals surface area contributed by atoms with Gasteiger partial charge in [0.05, 0.1) is 0 Å². The highest BCUT2D eigenvalue weighted by molar-refractivity contribution is 5.79. The quantitative estimate of drug-likeness (QED) is 0.564. The Morgan fingerprint density at radius 2 is 1.45 bits per heavy atom. The van der Waals surface area contributed by atoms with Crippen molar-refractivity contribution in [1.82, 2.24) is 4.90 Å². The molecule has 1 amide bonds. The standard InChI is InChI=1S/C25H26F2N2O2/c1-18(24(30)29(2)17-19-9-5-3-6-10-19)28-23(20-11-7-4-8-12-20)21-13-15-22(16-14-21)31-25(26)27/h3-16,18,23,25,28H,17H2,1-2H3/p+1/t18-,23-/m0/s1. The first-order valence-corrected chi connectivity index (χ1v) is 10.2. The third-order valence-corrected chi connectivity index (χ3v) is 5.13. The minimum atomic E-state index is -2.86. The van der Waals surface area contributed by atoms with Gasteiger partial charge in [-0.2, -0.15) is 8.78 Å². The molecule has 0 aliphatic carbocycles. The fraction of sp³-hybridized carbons (Fsp3) is 0.240. The van der Waals surface area contributed by atoms with Gasteiger partial charge in [0.1, 0.15) is 11.8 Å². The molecule has 0 radical (unpaired) electrons. The zero-order valence-electron chi connectivity index (χ0n) is 17.6. The number of likely N-dealkylation sites (N-methyl/N-ethyl adjacent to an activating group) is 1. The number of quaternary nitrogens is 1. The number of ether oxygens (including phenoxy) is 1. The van der Waals surface area contributed by atoms with Crippen LogP contribution in [0.25, 0.3) is 0 Å². The molecule has 162 valence electrons. The van der Waals surface area contributed by atoms with E-state index in [4.69, 9.17) is 0 Å². The number of carbonyl (C=O) groups is 1. The Morgan fingerprint density at radius 1 is 0.903 bits per heavy atom. The normalized spacial score (nSPS) is 12.9. The van der Waals surface area contributed by atoms with E-state index in [2.05, 4.69) is 4.74 Å². The van der Waals surface area contributed by atoms with Crippen molar-refractivity contribution in [3.8, 4) is 5.75 Å². The molecule has 0 heterocycles. The maximum Gasteiger partial charge on any atom is 0.387 e. The van der Waals surface area contributed by atoms with Crippen LogP contribution in [0.15, 0.2) is 84.9 Å². The summed E-state index contributed by atoms with van der Waals surface area (Å²) in [7, 11) is 1.80. The number of alkyl halides is 2. The number of nitrogens with zero attached hydrogens (tertiary/aromatic N) is 1. The molecule has 3 rings (SSSR count). The molecule has 0 spiro atoms. The molecule has 0 aliphatic rings. The number of halogens is 2. The first kappa shape index (κ1) is 22.4. The number of amides is 1. The summed E-state index contributed by atoms with van der Waals surface area (Å²) < 4.78 is 29.4. The molecule has 2 N–H and O–H groups in total. The molecule has 2 atom stereocenters. The van der Waals surface area contributed by atoms with Gasteiger partial charge in [0.2, 0.25) is 0 Å². The Morgan fingerprint density at radius 3 is 2.03 bits per heavy atom. The number of hydrogen-bond donors (Lipinski definition) is 1. The van der Waals surface area contributed by atoms with Gasteiger partial charge >= 0.3 is 6.61 Å². The number of benzene rings is 3. The predicted molar refractivity (Wildman–Crippen MR) is 116 cm³/mol. The monoisotopic (exact) mass is 425 g/mol. The maximum absolute atomic E-state index is 13.0. The van der Waals surface area contributed by atoms with E-state index in [0.29, 0.717) is 6.54 Å². The molecule has 3 aromatic rings. The van der Waals surface area contributed by atoms with Crippen molar-refractivity contribution in [3.05, 3.63) is 102 Å². The Hall–Kier alpha value is -3.25. The Kier molecular flexibility index (Phi) is 7.73. The second-order valence-electron chi connectivity index (χ2n) is 7.50. The highest BCUT2D eigenvalue weighted by Crippen LogP contribution is 2.22. The van der Waals surface area contributed by atoms with Crippen molar-refractivity contribution in [1.29, 1.82) is 0 Å². The van der Waals surface area contributed by atoms with Gasteiger partial charge < -0.3 is 15.0 Å². The molecule has 4 nitrogen and oxygen atoms in total. The lowest BCUT2D eigenvalue weighted by molar-refractivity contribution is -0.705. The van der Waals surface area contributed by atoms with Gasteiger partial charge in [0.25, 0.3) is 5.91 Å². The van der Waals surface area contributed by atoms with Crippen molar-refractivity contribution in [2.24, 2.45) is 0 Å². The summed E-state index contributed by atoms with van der Waals surface area (Å²) in [6.45, 7) is -0.443. The van der Waals surface area contributed by atoms with E-state index < -0.39 is 6.61 Å². The zero-order chi connectivity index (χ0) is 22.2. The van der Waals surface area contributed by atoms with Crippen LogP contribution in [0.2, 0.25) is 0 Å². The first-order valence-electron chi connectivity index (χ1n) is 10.2. The molecule has 0 fully saturated rings. The van der Waals surface area contributed by atoms with E-state index >= 15 is 0 Å². The molecule has 3 aromatic carbocycles. The average molecular weight is 425 g/mol. The van der Waals surface area contributed by atoms with Crippen LogP contribution in [0.4, 0.5) is 8.78 Å². The van der Waals surface area contributed by atoms with Crippen molar-refractivity contribution >= 4 is 5.91 Å². The number of nitrogens with two attached hydrogens (primary N) is 1. The van der Waals surface area contributed by atoms with Gasteiger partial charge in [-0.25, -0.2) is 0 Å². The van der Waals surface area contributed by atoms with Gasteiger partial charge in [-0.05, 0) is 36.8 Å². The molecular formula is C25H27F2N2O2+. The van der Waals surface area contributed by atoms with Crippen LogP contribution in [0, 0.1) is 0 Å². The molecule has 31 heavy (non-hydrogen) atoms. The number of hydrogen-bond acceptors (Lipinski definition) is 2. The third kappa shape index (κ3) is 6.36. The highest BCUT2D eigenvalue weighted by Gasteiger charge is 2.27. The Balaban J connectivity index is 1.76. The second kappa shape index (κ2) is 10.7. The molecule has 0 saturated carbocycles. The van der Waals surface area contributed by atoms with Gasteiger partial charge in [-0.15, -0.1) is 0 Å². The maximum atomic E-state index is 13.0. The van der Waals surface area contributed by atoms with Crippen molar-refractivity contribution < 1.29 is 23.6 Å². The van der Waals surface area contributed by atoms with Crippen LogP contribution in [0.1, 0.15) is 29.7 Å². The molecule has 0 aliphatic heterocycles. The topological polar surface area (TPSA) is 46.1 Å².